The Morgan fingerprint density at radius 1 is 0.282 bits per heavy atom. The summed E-state index contributed by atoms with van der Waals surface area (Å²) in [4.78, 5) is 12.6. The summed E-state index contributed by atoms with van der Waals surface area (Å²) in [6.45, 7) is 4.35. The molecule has 0 aliphatic heterocycles. The molecule has 0 radical (unpaired) electrons. The summed E-state index contributed by atoms with van der Waals surface area (Å²) in [6.07, 6.45) is 108. The van der Waals surface area contributed by atoms with Gasteiger partial charge in [0.05, 0.1) is 18.8 Å². The van der Waals surface area contributed by atoms with Gasteiger partial charge in [0.1, 0.15) is 0 Å². The van der Waals surface area contributed by atoms with Crippen molar-refractivity contribution in [2.75, 3.05) is 6.61 Å². The number of rotatable bonds is 74. The van der Waals surface area contributed by atoms with E-state index in [4.69, 9.17) is 0 Å². The highest BCUT2D eigenvalue weighted by atomic mass is 16.3. The highest BCUT2D eigenvalue weighted by molar-refractivity contribution is 5.76. The molecule has 0 bridgehead atoms. The third-order valence-corrected chi connectivity index (χ3v) is 18.6. The standard InChI is InChI=1S/C81H155NO3/c1-3-5-7-9-11-13-15-17-19-21-23-25-27-29-31-33-35-37-38-39-40-41-42-43-44-45-47-49-51-53-55-57-59-61-63-65-67-69-71-73-75-77-81(85)82-79(78-83)80(84)76-74-72-70-68-66-64-62-60-58-56-54-52-50-48-46-36-34-32-30-28-26-24-22-20-18-16-14-12-10-8-6-4-2/h15,17,21,23,27,29,74,76,79-80,83-84H,3-14,16,18-20,22,24-26,28,30-73,75,77-78H2,1-2H3,(H,82,85)/b17-15-,23-21-,29-27-,76-74+. The van der Waals surface area contributed by atoms with Crippen LogP contribution in [0.4, 0.5) is 0 Å². The molecule has 0 aliphatic carbocycles. The Morgan fingerprint density at radius 2 is 0.482 bits per heavy atom. The van der Waals surface area contributed by atoms with Gasteiger partial charge < -0.3 is 15.5 Å². The van der Waals surface area contributed by atoms with Gasteiger partial charge in [0.15, 0.2) is 0 Å². The van der Waals surface area contributed by atoms with Gasteiger partial charge in [-0.3, -0.25) is 4.79 Å². The Balaban J connectivity index is 3.39. The van der Waals surface area contributed by atoms with Gasteiger partial charge in [-0.1, -0.05) is 428 Å². The SMILES string of the molecule is CCCCCCC/C=C\C/C=C\C/C=C\CCCCCCCCCCCCCCCCCCCCCCCCCCCCC(=O)NC(CO)C(O)/C=C/CCCCCCCCCCCCCCCCCCCCCCCCCCCCCCCC. The lowest BCUT2D eigenvalue weighted by Gasteiger charge is -2.20. The van der Waals surface area contributed by atoms with Crippen LogP contribution in [-0.4, -0.2) is 34.9 Å². The normalized spacial score (nSPS) is 12.8. The van der Waals surface area contributed by atoms with Gasteiger partial charge in [0.2, 0.25) is 5.91 Å². The molecular formula is C81H155NO3. The molecule has 85 heavy (non-hydrogen) atoms. The van der Waals surface area contributed by atoms with Crippen LogP contribution in [0.2, 0.25) is 0 Å². The molecule has 0 saturated carbocycles. The summed E-state index contributed by atoms with van der Waals surface area (Å²) in [5.41, 5.74) is 0. The summed E-state index contributed by atoms with van der Waals surface area (Å²) < 4.78 is 0. The number of amides is 1. The lowest BCUT2D eigenvalue weighted by molar-refractivity contribution is -0.123. The van der Waals surface area contributed by atoms with Crippen molar-refractivity contribution in [2.45, 2.75) is 456 Å². The van der Waals surface area contributed by atoms with Crippen molar-refractivity contribution in [3.63, 3.8) is 0 Å². The Kier molecular flexibility index (Phi) is 75.1. The van der Waals surface area contributed by atoms with Crippen LogP contribution in [0.15, 0.2) is 48.6 Å². The molecule has 2 unspecified atom stereocenters. The number of carbonyl (C=O) groups is 1. The van der Waals surface area contributed by atoms with Crippen molar-refractivity contribution in [3.05, 3.63) is 48.6 Å². The number of nitrogens with one attached hydrogen (secondary N) is 1. The third kappa shape index (κ3) is 73.0. The third-order valence-electron chi connectivity index (χ3n) is 18.6. The van der Waals surface area contributed by atoms with Crippen molar-refractivity contribution < 1.29 is 15.0 Å². The molecule has 0 aliphatic rings. The summed E-state index contributed by atoms with van der Waals surface area (Å²) >= 11 is 0. The minimum absolute atomic E-state index is 0.0543. The van der Waals surface area contributed by atoms with Crippen LogP contribution in [0.1, 0.15) is 444 Å². The molecular weight excluding hydrogens is 1030 g/mol. The lowest BCUT2D eigenvalue weighted by atomic mass is 10.0. The first-order chi connectivity index (χ1) is 42.2. The van der Waals surface area contributed by atoms with Crippen LogP contribution in [-0.2, 0) is 4.79 Å². The topological polar surface area (TPSA) is 69.6 Å². The zero-order valence-corrected chi connectivity index (χ0v) is 58.2. The minimum Gasteiger partial charge on any atom is -0.394 e. The van der Waals surface area contributed by atoms with E-state index >= 15 is 0 Å². The summed E-state index contributed by atoms with van der Waals surface area (Å²) in [7, 11) is 0. The van der Waals surface area contributed by atoms with Crippen molar-refractivity contribution in [2.24, 2.45) is 0 Å². The Hall–Kier alpha value is -1.65. The van der Waals surface area contributed by atoms with Crippen LogP contribution in [0.5, 0.6) is 0 Å². The lowest BCUT2D eigenvalue weighted by Crippen LogP contribution is -2.45. The van der Waals surface area contributed by atoms with Gasteiger partial charge in [-0.05, 0) is 57.8 Å². The van der Waals surface area contributed by atoms with E-state index in [9.17, 15) is 15.0 Å². The minimum atomic E-state index is -0.840. The first-order valence-electron chi connectivity index (χ1n) is 39.4. The summed E-state index contributed by atoms with van der Waals surface area (Å²) in [5, 5.41) is 23.4. The highest BCUT2D eigenvalue weighted by Crippen LogP contribution is 2.20. The number of aliphatic hydroxyl groups is 2. The molecule has 0 heterocycles. The summed E-state index contributed by atoms with van der Waals surface area (Å²) in [6, 6.07) is -0.623. The zero-order chi connectivity index (χ0) is 61.2. The molecule has 0 aromatic carbocycles. The number of unbranched alkanes of at least 4 members (excludes halogenated alkanes) is 61. The monoisotopic (exact) mass is 1190 g/mol. The molecule has 0 fully saturated rings. The van der Waals surface area contributed by atoms with Crippen LogP contribution < -0.4 is 5.32 Å². The average Bonchev–Trinajstić information content (AvgIpc) is 3.51. The average molecular weight is 1190 g/mol. The van der Waals surface area contributed by atoms with Crippen molar-refractivity contribution in [1.82, 2.24) is 5.32 Å². The van der Waals surface area contributed by atoms with Crippen molar-refractivity contribution in [3.8, 4) is 0 Å². The highest BCUT2D eigenvalue weighted by Gasteiger charge is 2.18. The van der Waals surface area contributed by atoms with E-state index in [0.717, 1.165) is 38.5 Å². The molecule has 0 saturated heterocycles. The molecule has 0 spiro atoms. The van der Waals surface area contributed by atoms with Crippen LogP contribution in [0, 0.1) is 0 Å². The molecule has 2 atom stereocenters. The van der Waals surface area contributed by atoms with E-state index in [-0.39, 0.29) is 12.5 Å². The number of aliphatic hydroxyl groups excluding tert-OH is 2. The van der Waals surface area contributed by atoms with Crippen molar-refractivity contribution in [1.29, 1.82) is 0 Å². The fraction of sp³-hybridized carbons (Fsp3) is 0.889. The Morgan fingerprint density at radius 3 is 0.718 bits per heavy atom. The number of carbonyl (C=O) groups excluding carboxylic acids is 1. The van der Waals surface area contributed by atoms with Gasteiger partial charge in [0, 0.05) is 6.42 Å². The van der Waals surface area contributed by atoms with Crippen LogP contribution in [0.25, 0.3) is 0 Å². The first kappa shape index (κ1) is 83.4. The van der Waals surface area contributed by atoms with Gasteiger partial charge in [-0.25, -0.2) is 0 Å². The molecule has 502 valence electrons. The quantitative estimate of drug-likeness (QED) is 0.0420. The molecule has 0 aromatic heterocycles. The number of allylic oxidation sites excluding steroid dienone is 7. The maximum Gasteiger partial charge on any atom is 0.220 e. The maximum atomic E-state index is 12.6. The molecule has 3 N–H and O–H groups in total. The van der Waals surface area contributed by atoms with E-state index < -0.39 is 12.1 Å². The predicted octanol–water partition coefficient (Wildman–Crippen LogP) is 27.2. The van der Waals surface area contributed by atoms with E-state index in [0.29, 0.717) is 6.42 Å². The largest absolute Gasteiger partial charge is 0.394 e. The smallest absolute Gasteiger partial charge is 0.220 e. The van der Waals surface area contributed by atoms with E-state index in [2.05, 4.69) is 55.6 Å². The first-order valence-corrected chi connectivity index (χ1v) is 39.4. The molecule has 0 aromatic rings. The Labute approximate surface area is 534 Å². The fourth-order valence-corrected chi connectivity index (χ4v) is 12.6. The van der Waals surface area contributed by atoms with Gasteiger partial charge >= 0.3 is 0 Å². The maximum absolute atomic E-state index is 12.6. The van der Waals surface area contributed by atoms with E-state index in [1.807, 2.05) is 6.08 Å². The van der Waals surface area contributed by atoms with Gasteiger partial charge in [-0.15, -0.1) is 0 Å². The second-order valence-electron chi connectivity index (χ2n) is 27.1. The Bertz CT molecular complexity index is 1350. The second kappa shape index (κ2) is 76.6. The zero-order valence-electron chi connectivity index (χ0n) is 58.2. The number of hydrogen-bond acceptors (Lipinski definition) is 3. The van der Waals surface area contributed by atoms with Crippen LogP contribution in [0.3, 0.4) is 0 Å². The molecule has 0 rings (SSSR count). The van der Waals surface area contributed by atoms with Gasteiger partial charge in [0.25, 0.3) is 0 Å². The molecule has 4 nitrogen and oxygen atoms in total. The van der Waals surface area contributed by atoms with E-state index in [1.54, 1.807) is 6.08 Å². The summed E-state index contributed by atoms with van der Waals surface area (Å²) in [5.74, 6) is -0.0543. The number of hydrogen-bond donors (Lipinski definition) is 3. The second-order valence-corrected chi connectivity index (χ2v) is 27.1. The van der Waals surface area contributed by atoms with Crippen molar-refractivity contribution >= 4 is 5.91 Å². The predicted molar refractivity (Wildman–Crippen MR) is 382 cm³/mol. The van der Waals surface area contributed by atoms with E-state index in [1.165, 1.54) is 385 Å². The molecule has 1 amide bonds. The van der Waals surface area contributed by atoms with Crippen LogP contribution >= 0.6 is 0 Å². The fourth-order valence-electron chi connectivity index (χ4n) is 12.6. The molecule has 4 heteroatoms. The van der Waals surface area contributed by atoms with Gasteiger partial charge in [-0.2, -0.15) is 0 Å².